The minimum Gasteiger partial charge on any atom is -0.344 e. The summed E-state index contributed by atoms with van der Waals surface area (Å²) in [5.74, 6) is 1.96. The Labute approximate surface area is 92.3 Å². The van der Waals surface area contributed by atoms with Crippen LogP contribution in [0.1, 0.15) is 0 Å². The first-order valence-electron chi connectivity index (χ1n) is 4.31. The predicted octanol–water partition coefficient (Wildman–Crippen LogP) is 1.67. The van der Waals surface area contributed by atoms with Crippen LogP contribution in [0.2, 0.25) is 0 Å². The molecule has 0 atom stereocenters. The first-order valence-corrected chi connectivity index (χ1v) is 5.30. The molecular formula is C11H10FNOS. The lowest BCUT2D eigenvalue weighted by molar-refractivity contribution is -0.118. The van der Waals surface area contributed by atoms with Crippen molar-refractivity contribution < 1.29 is 9.18 Å². The highest BCUT2D eigenvalue weighted by Crippen LogP contribution is 2.20. The average molecular weight is 223 g/mol. The second-order valence-corrected chi connectivity index (χ2v) is 3.72. The maximum atomic E-state index is 13.1. The van der Waals surface area contributed by atoms with Gasteiger partial charge in [-0.2, -0.15) is 0 Å². The van der Waals surface area contributed by atoms with Gasteiger partial charge < -0.3 is 5.32 Å². The number of carbonyl (C=O) groups is 1. The molecule has 0 aromatic heterocycles. The van der Waals surface area contributed by atoms with Crippen LogP contribution in [0, 0.1) is 18.2 Å². The second kappa shape index (κ2) is 6.10. The van der Waals surface area contributed by atoms with Crippen molar-refractivity contribution in [3.05, 3.63) is 30.1 Å². The van der Waals surface area contributed by atoms with E-state index in [-0.39, 0.29) is 24.0 Å². The highest BCUT2D eigenvalue weighted by molar-refractivity contribution is 8.00. The molecule has 4 heteroatoms. The van der Waals surface area contributed by atoms with Crippen molar-refractivity contribution in [1.82, 2.24) is 5.32 Å². The lowest BCUT2D eigenvalue weighted by Gasteiger charge is -2.02. The van der Waals surface area contributed by atoms with Gasteiger partial charge in [-0.1, -0.05) is 18.1 Å². The molecule has 0 unspecified atom stereocenters. The maximum Gasteiger partial charge on any atom is 0.231 e. The Balaban J connectivity index is 2.41. The number of benzene rings is 1. The molecule has 2 nitrogen and oxygen atoms in total. The van der Waals surface area contributed by atoms with Crippen molar-refractivity contribution in [3.63, 3.8) is 0 Å². The van der Waals surface area contributed by atoms with Crippen molar-refractivity contribution in [3.8, 4) is 12.3 Å². The van der Waals surface area contributed by atoms with Gasteiger partial charge in [0.05, 0.1) is 12.3 Å². The summed E-state index contributed by atoms with van der Waals surface area (Å²) < 4.78 is 13.1. The molecule has 78 valence electrons. The summed E-state index contributed by atoms with van der Waals surface area (Å²) in [7, 11) is 0. The quantitative estimate of drug-likeness (QED) is 0.621. The van der Waals surface area contributed by atoms with Crippen LogP contribution in [0.3, 0.4) is 0 Å². The van der Waals surface area contributed by atoms with Gasteiger partial charge in [-0.15, -0.1) is 18.2 Å². The van der Waals surface area contributed by atoms with Crippen molar-refractivity contribution >= 4 is 17.7 Å². The fraction of sp³-hybridized carbons (Fsp3) is 0.182. The van der Waals surface area contributed by atoms with E-state index in [9.17, 15) is 9.18 Å². The van der Waals surface area contributed by atoms with Crippen LogP contribution in [0.5, 0.6) is 0 Å². The summed E-state index contributed by atoms with van der Waals surface area (Å²) in [5, 5.41) is 2.50. The molecule has 0 saturated heterocycles. The smallest absolute Gasteiger partial charge is 0.231 e. The van der Waals surface area contributed by atoms with E-state index in [1.54, 1.807) is 18.2 Å². The normalized spacial score (nSPS) is 9.33. The third-order valence-electron chi connectivity index (χ3n) is 1.58. The summed E-state index contributed by atoms with van der Waals surface area (Å²) in [5.41, 5.74) is 0. The highest BCUT2D eigenvalue weighted by Gasteiger charge is 2.04. The van der Waals surface area contributed by atoms with Crippen LogP contribution in [0.4, 0.5) is 4.39 Å². The molecule has 0 heterocycles. The van der Waals surface area contributed by atoms with E-state index >= 15 is 0 Å². The molecule has 15 heavy (non-hydrogen) atoms. The maximum absolute atomic E-state index is 13.1. The molecule has 0 aliphatic carbocycles. The molecule has 0 fully saturated rings. The SMILES string of the molecule is C#CCNC(=O)CSc1ccccc1F. The van der Waals surface area contributed by atoms with E-state index < -0.39 is 0 Å². The molecule has 1 aromatic rings. The molecule has 0 aliphatic rings. The minimum absolute atomic E-state index is 0.169. The van der Waals surface area contributed by atoms with Gasteiger partial charge in [0.25, 0.3) is 0 Å². The van der Waals surface area contributed by atoms with Crippen LogP contribution in [-0.2, 0) is 4.79 Å². The summed E-state index contributed by atoms with van der Waals surface area (Å²) in [6.45, 7) is 0.205. The molecule has 0 spiro atoms. The molecule has 1 aromatic carbocycles. The molecule has 1 N–H and O–H groups in total. The number of rotatable bonds is 4. The van der Waals surface area contributed by atoms with E-state index in [0.717, 1.165) is 11.8 Å². The number of amides is 1. The Morgan fingerprint density at radius 2 is 2.27 bits per heavy atom. The predicted molar refractivity (Wildman–Crippen MR) is 59.0 cm³/mol. The lowest BCUT2D eigenvalue weighted by Crippen LogP contribution is -2.25. The Morgan fingerprint density at radius 1 is 1.53 bits per heavy atom. The third-order valence-corrected chi connectivity index (χ3v) is 2.63. The molecule has 1 amide bonds. The lowest BCUT2D eigenvalue weighted by atomic mass is 10.3. The third kappa shape index (κ3) is 4.05. The molecule has 1 rings (SSSR count). The van der Waals surface area contributed by atoms with Gasteiger partial charge in [0.2, 0.25) is 5.91 Å². The molecule has 0 radical (unpaired) electrons. The van der Waals surface area contributed by atoms with Crippen molar-refractivity contribution in [2.45, 2.75) is 4.90 Å². The summed E-state index contributed by atoms with van der Waals surface area (Å²) >= 11 is 1.15. The Kier molecular flexibility index (Phi) is 4.72. The number of hydrogen-bond donors (Lipinski definition) is 1. The standard InChI is InChI=1S/C11H10FNOS/c1-2-7-13-11(14)8-15-10-6-4-3-5-9(10)12/h1,3-6H,7-8H2,(H,13,14). The number of terminal acetylenes is 1. The van der Waals surface area contributed by atoms with E-state index in [1.165, 1.54) is 6.07 Å². The summed E-state index contributed by atoms with van der Waals surface area (Å²) in [6.07, 6.45) is 4.98. The van der Waals surface area contributed by atoms with Crippen LogP contribution in [0.25, 0.3) is 0 Å². The Hall–Kier alpha value is -1.47. The van der Waals surface area contributed by atoms with E-state index in [0.29, 0.717) is 4.90 Å². The first-order chi connectivity index (χ1) is 7.24. The number of carbonyl (C=O) groups excluding carboxylic acids is 1. The van der Waals surface area contributed by atoms with Gasteiger partial charge in [-0.05, 0) is 12.1 Å². The number of nitrogens with one attached hydrogen (secondary N) is 1. The van der Waals surface area contributed by atoms with Gasteiger partial charge in [0.1, 0.15) is 5.82 Å². The zero-order chi connectivity index (χ0) is 11.1. The van der Waals surface area contributed by atoms with Gasteiger partial charge in [0.15, 0.2) is 0 Å². The number of halogens is 1. The first kappa shape index (κ1) is 11.6. The molecule has 0 bridgehead atoms. The number of hydrogen-bond acceptors (Lipinski definition) is 2. The molecular weight excluding hydrogens is 213 g/mol. The monoisotopic (exact) mass is 223 g/mol. The van der Waals surface area contributed by atoms with Crippen molar-refractivity contribution in [2.24, 2.45) is 0 Å². The van der Waals surface area contributed by atoms with Gasteiger partial charge in [-0.25, -0.2) is 4.39 Å². The van der Waals surface area contributed by atoms with Gasteiger partial charge in [-0.3, -0.25) is 4.79 Å². The molecule has 0 aliphatic heterocycles. The molecule has 0 saturated carbocycles. The fourth-order valence-electron chi connectivity index (χ4n) is 0.906. The Bertz CT molecular complexity index is 386. The zero-order valence-corrected chi connectivity index (χ0v) is 8.81. The Morgan fingerprint density at radius 3 is 2.93 bits per heavy atom. The number of thioether (sulfide) groups is 1. The zero-order valence-electron chi connectivity index (χ0n) is 8.00. The average Bonchev–Trinajstić information content (AvgIpc) is 2.25. The minimum atomic E-state index is -0.313. The van der Waals surface area contributed by atoms with Crippen molar-refractivity contribution in [2.75, 3.05) is 12.3 Å². The van der Waals surface area contributed by atoms with Crippen LogP contribution in [0.15, 0.2) is 29.2 Å². The van der Waals surface area contributed by atoms with Gasteiger partial charge in [0, 0.05) is 4.90 Å². The van der Waals surface area contributed by atoms with E-state index in [1.807, 2.05) is 0 Å². The highest BCUT2D eigenvalue weighted by atomic mass is 32.2. The second-order valence-electron chi connectivity index (χ2n) is 2.70. The van der Waals surface area contributed by atoms with Crippen LogP contribution < -0.4 is 5.32 Å². The summed E-state index contributed by atoms with van der Waals surface area (Å²) in [6, 6.07) is 6.33. The fourth-order valence-corrected chi connectivity index (χ4v) is 1.68. The topological polar surface area (TPSA) is 29.1 Å². The van der Waals surface area contributed by atoms with Crippen LogP contribution in [-0.4, -0.2) is 18.2 Å². The summed E-state index contributed by atoms with van der Waals surface area (Å²) in [4.78, 5) is 11.6. The van der Waals surface area contributed by atoms with Gasteiger partial charge >= 0.3 is 0 Å². The van der Waals surface area contributed by atoms with E-state index in [4.69, 9.17) is 6.42 Å². The van der Waals surface area contributed by atoms with Crippen LogP contribution >= 0.6 is 11.8 Å². The van der Waals surface area contributed by atoms with Crippen molar-refractivity contribution in [1.29, 1.82) is 0 Å². The van der Waals surface area contributed by atoms with E-state index in [2.05, 4.69) is 11.2 Å². The largest absolute Gasteiger partial charge is 0.344 e.